The van der Waals surface area contributed by atoms with Crippen molar-refractivity contribution < 1.29 is 42.9 Å². The Hall–Kier alpha value is -4.27. The number of Topliss-reactive ketones (excluding diaryl/α,β-unsaturated/α-hetero) is 2. The molecule has 2 aromatic carbocycles. The number of unbranched alkanes of at least 4 members (excludes halogenated alkanes) is 4. The van der Waals surface area contributed by atoms with Crippen LogP contribution in [0, 0.1) is 11.8 Å². The molecule has 0 atom stereocenters. The van der Waals surface area contributed by atoms with Gasteiger partial charge in [-0.15, -0.1) is 0 Å². The van der Waals surface area contributed by atoms with Crippen LogP contribution in [0.1, 0.15) is 141 Å². The van der Waals surface area contributed by atoms with Gasteiger partial charge in [0.15, 0.2) is 0 Å². The number of aryl methyl sites for hydroxylation is 2. The maximum Gasteiger partial charge on any atom is 0.374 e. The van der Waals surface area contributed by atoms with Gasteiger partial charge in [-0.3, -0.25) is 9.59 Å². The summed E-state index contributed by atoms with van der Waals surface area (Å²) in [4.78, 5) is 60.0. The second kappa shape index (κ2) is 24.3. The molecule has 0 bridgehead atoms. The number of benzene rings is 2. The first-order valence-corrected chi connectivity index (χ1v) is 20.6. The highest BCUT2D eigenvalue weighted by Gasteiger charge is 2.24. The topological polar surface area (TPSA) is 122 Å². The van der Waals surface area contributed by atoms with E-state index in [0.29, 0.717) is 30.1 Å². The van der Waals surface area contributed by atoms with Gasteiger partial charge < -0.3 is 18.9 Å². The number of carbonyl (C=O) groups is 5. The van der Waals surface area contributed by atoms with E-state index in [1.54, 1.807) is 20.8 Å². The van der Waals surface area contributed by atoms with Gasteiger partial charge in [-0.2, -0.15) is 0 Å². The molecule has 9 nitrogen and oxygen atoms in total. The number of carbonyl (C=O) groups excluding carboxylic acids is 5. The van der Waals surface area contributed by atoms with Crippen LogP contribution < -0.4 is 4.74 Å². The molecule has 302 valence electrons. The Morgan fingerprint density at radius 1 is 0.709 bits per heavy atom. The zero-order valence-corrected chi connectivity index (χ0v) is 34.0. The molecule has 0 amide bonds. The molecular weight excluding hydrogens is 696 g/mol. The van der Waals surface area contributed by atoms with Crippen LogP contribution in [-0.2, 0) is 51.0 Å². The molecule has 9 heteroatoms. The number of hydrogen-bond donors (Lipinski definition) is 0. The Kier molecular flexibility index (Phi) is 19.9. The maximum atomic E-state index is 12.1. The fourth-order valence-corrected chi connectivity index (χ4v) is 7.09. The Morgan fingerprint density at radius 3 is 1.96 bits per heavy atom. The SMILES string of the molecule is C=C(C)C(=O)OCCCc1cc(-c2ccc(C3CCC(CCCCCCC)CC3)cc2CC)ccc1OCC(COC(=O)C(=O)CC)COC(=O)C(=O)CC. The van der Waals surface area contributed by atoms with E-state index in [1.807, 2.05) is 12.1 Å². The molecule has 1 saturated carbocycles. The molecule has 0 aromatic heterocycles. The highest BCUT2D eigenvalue weighted by molar-refractivity contribution is 6.33. The van der Waals surface area contributed by atoms with Crippen LogP contribution >= 0.6 is 0 Å². The van der Waals surface area contributed by atoms with Gasteiger partial charge in [0.05, 0.1) is 19.1 Å². The summed E-state index contributed by atoms with van der Waals surface area (Å²) >= 11 is 0. The lowest BCUT2D eigenvalue weighted by molar-refractivity contribution is -0.158. The Balaban J connectivity index is 1.79. The number of ether oxygens (including phenoxy) is 4. The lowest BCUT2D eigenvalue weighted by Gasteiger charge is -2.29. The molecule has 1 aliphatic carbocycles. The molecule has 0 spiro atoms. The molecule has 0 aliphatic heterocycles. The minimum absolute atomic E-state index is 0.000157. The van der Waals surface area contributed by atoms with Gasteiger partial charge in [0.1, 0.15) is 19.0 Å². The third kappa shape index (κ3) is 15.1. The fraction of sp³-hybridized carbons (Fsp3) is 0.587. The predicted octanol–water partition coefficient (Wildman–Crippen LogP) is 9.64. The van der Waals surface area contributed by atoms with Crippen LogP contribution in [0.2, 0.25) is 0 Å². The van der Waals surface area contributed by atoms with Gasteiger partial charge in [-0.05, 0) is 104 Å². The van der Waals surface area contributed by atoms with Crippen LogP contribution in [-0.4, -0.2) is 55.9 Å². The van der Waals surface area contributed by atoms with Gasteiger partial charge in [-0.1, -0.05) is 97.1 Å². The molecular formula is C46H64O9. The Bertz CT molecular complexity index is 1550. The summed E-state index contributed by atoms with van der Waals surface area (Å²) in [5.74, 6) is -2.35. The number of esters is 3. The summed E-state index contributed by atoms with van der Waals surface area (Å²) in [5.41, 5.74) is 6.14. The number of rotatable bonds is 25. The van der Waals surface area contributed by atoms with E-state index in [4.69, 9.17) is 18.9 Å². The van der Waals surface area contributed by atoms with Gasteiger partial charge in [0.25, 0.3) is 0 Å². The van der Waals surface area contributed by atoms with E-state index >= 15 is 0 Å². The molecule has 3 rings (SSSR count). The smallest absolute Gasteiger partial charge is 0.374 e. The fourth-order valence-electron chi connectivity index (χ4n) is 7.09. The molecule has 55 heavy (non-hydrogen) atoms. The lowest BCUT2D eigenvalue weighted by Crippen LogP contribution is -2.29. The standard InChI is InChI=1S/C46H64O9/c1-7-11-12-13-14-16-33-18-20-36(21-19-33)37-22-24-40(35(8-2)27-37)38-23-25-43(39(28-38)17-15-26-52-44(49)32(5)6)53-29-34(30-54-45(50)41(47)9-3)31-55-46(51)42(48)10-4/h22-25,27-28,33-34,36H,5,7-21,26,29-31H2,1-4,6H3. The summed E-state index contributed by atoms with van der Waals surface area (Å²) < 4.78 is 22.0. The van der Waals surface area contributed by atoms with Crippen LogP contribution in [0.5, 0.6) is 5.75 Å². The van der Waals surface area contributed by atoms with Crippen molar-refractivity contribution in [1.29, 1.82) is 0 Å². The van der Waals surface area contributed by atoms with E-state index in [0.717, 1.165) is 29.0 Å². The molecule has 0 radical (unpaired) electrons. The molecule has 0 unspecified atom stereocenters. The van der Waals surface area contributed by atoms with E-state index in [1.165, 1.54) is 75.3 Å². The molecule has 0 N–H and O–H groups in total. The van der Waals surface area contributed by atoms with E-state index < -0.39 is 35.4 Å². The molecule has 0 heterocycles. The molecule has 1 aliphatic rings. The summed E-state index contributed by atoms with van der Waals surface area (Å²) in [6.45, 7) is 12.5. The monoisotopic (exact) mass is 760 g/mol. The molecule has 1 fully saturated rings. The van der Waals surface area contributed by atoms with Crippen LogP contribution in [0.15, 0.2) is 48.6 Å². The van der Waals surface area contributed by atoms with E-state index in [2.05, 4.69) is 44.7 Å². The summed E-state index contributed by atoms with van der Waals surface area (Å²) in [7, 11) is 0. The van der Waals surface area contributed by atoms with Crippen molar-refractivity contribution in [3.63, 3.8) is 0 Å². The number of hydrogen-bond acceptors (Lipinski definition) is 9. The van der Waals surface area contributed by atoms with Gasteiger partial charge in [0.2, 0.25) is 11.6 Å². The van der Waals surface area contributed by atoms with Gasteiger partial charge in [0, 0.05) is 18.4 Å². The summed E-state index contributed by atoms with van der Waals surface area (Å²) in [5, 5.41) is 0. The van der Waals surface area contributed by atoms with E-state index in [-0.39, 0.29) is 39.3 Å². The first-order valence-electron chi connectivity index (χ1n) is 20.6. The zero-order chi connectivity index (χ0) is 40.2. The normalized spacial score (nSPS) is 15.3. The van der Waals surface area contributed by atoms with Crippen molar-refractivity contribution in [3.8, 4) is 16.9 Å². The Labute approximate surface area is 328 Å². The van der Waals surface area contributed by atoms with Gasteiger partial charge in [-0.25, -0.2) is 14.4 Å². The van der Waals surface area contributed by atoms with Crippen molar-refractivity contribution in [1.82, 2.24) is 0 Å². The highest BCUT2D eigenvalue weighted by atomic mass is 16.6. The molecule has 0 saturated heterocycles. The average Bonchev–Trinajstić information content (AvgIpc) is 3.21. The zero-order valence-electron chi connectivity index (χ0n) is 34.0. The number of ketones is 2. The second-order valence-electron chi connectivity index (χ2n) is 15.0. The van der Waals surface area contributed by atoms with Crippen LogP contribution in [0.4, 0.5) is 0 Å². The Morgan fingerprint density at radius 2 is 1.36 bits per heavy atom. The quantitative estimate of drug-likeness (QED) is 0.0320. The molecule has 2 aromatic rings. The van der Waals surface area contributed by atoms with Crippen molar-refractivity contribution in [2.24, 2.45) is 11.8 Å². The second-order valence-corrected chi connectivity index (χ2v) is 15.0. The highest BCUT2D eigenvalue weighted by Crippen LogP contribution is 2.40. The van der Waals surface area contributed by atoms with Gasteiger partial charge >= 0.3 is 17.9 Å². The van der Waals surface area contributed by atoms with Crippen LogP contribution in [0.3, 0.4) is 0 Å². The van der Waals surface area contributed by atoms with E-state index in [9.17, 15) is 24.0 Å². The average molecular weight is 761 g/mol. The first kappa shape index (κ1) is 45.1. The van der Waals surface area contributed by atoms with Crippen molar-refractivity contribution in [3.05, 3.63) is 65.2 Å². The largest absolute Gasteiger partial charge is 0.493 e. The summed E-state index contributed by atoms with van der Waals surface area (Å²) in [6.07, 6.45) is 15.2. The summed E-state index contributed by atoms with van der Waals surface area (Å²) in [6, 6.07) is 13.0. The van der Waals surface area contributed by atoms with Crippen LogP contribution in [0.25, 0.3) is 11.1 Å². The maximum absolute atomic E-state index is 12.1. The third-order valence-electron chi connectivity index (χ3n) is 10.6. The minimum Gasteiger partial charge on any atom is -0.493 e. The predicted molar refractivity (Wildman–Crippen MR) is 215 cm³/mol. The van der Waals surface area contributed by atoms with Crippen molar-refractivity contribution >= 4 is 29.5 Å². The third-order valence-corrected chi connectivity index (χ3v) is 10.6. The minimum atomic E-state index is -0.976. The van der Waals surface area contributed by atoms with Crippen molar-refractivity contribution in [2.45, 2.75) is 137 Å². The van der Waals surface area contributed by atoms with Crippen molar-refractivity contribution in [2.75, 3.05) is 26.4 Å². The lowest BCUT2D eigenvalue weighted by atomic mass is 9.76. The first-order chi connectivity index (χ1) is 26.5.